The minimum Gasteiger partial charge on any atom is -0.481 e. The highest BCUT2D eigenvalue weighted by Crippen LogP contribution is 2.33. The van der Waals surface area contributed by atoms with E-state index in [0.717, 1.165) is 35.7 Å². The molecule has 11 heteroatoms. The Morgan fingerprint density at radius 2 is 1.74 bits per heavy atom. The van der Waals surface area contributed by atoms with Gasteiger partial charge in [0.25, 0.3) is 0 Å². The van der Waals surface area contributed by atoms with Crippen LogP contribution in [-0.2, 0) is 40.3 Å². The van der Waals surface area contributed by atoms with Crippen LogP contribution in [0.2, 0.25) is 0 Å². The zero-order valence-corrected chi connectivity index (χ0v) is 22.6. The molecule has 0 unspecified atom stereocenters. The molecule has 1 atom stereocenters. The van der Waals surface area contributed by atoms with Crippen LogP contribution < -0.4 is 5.32 Å². The summed E-state index contributed by atoms with van der Waals surface area (Å²) in [7, 11) is -3.19. The number of benzene rings is 2. The first-order valence-electron chi connectivity index (χ1n) is 12.5. The molecule has 3 N–H and O–H groups in total. The third kappa shape index (κ3) is 8.02. The van der Waals surface area contributed by atoms with Gasteiger partial charge in [0, 0.05) is 32.1 Å². The van der Waals surface area contributed by atoms with E-state index in [0.29, 0.717) is 12.0 Å². The van der Waals surface area contributed by atoms with Crippen molar-refractivity contribution in [2.75, 3.05) is 20.1 Å². The molecule has 2 aromatic carbocycles. The first-order chi connectivity index (χ1) is 17.6. The van der Waals surface area contributed by atoms with Gasteiger partial charge in [0.15, 0.2) is 0 Å². The second-order valence-corrected chi connectivity index (χ2v) is 12.8. The van der Waals surface area contributed by atoms with E-state index in [4.69, 9.17) is 5.11 Å². The topological polar surface area (TPSA) is 107 Å². The lowest BCUT2D eigenvalue weighted by molar-refractivity contribution is -0.138. The number of hydrogen-bond donors (Lipinski definition) is 3. The molecular formula is C27H35F3N2O5S. The first-order valence-corrected chi connectivity index (χ1v) is 13.9. The number of rotatable bonds is 12. The number of carboxylic acid groups (broad SMARTS) is 1. The average Bonchev–Trinajstić information content (AvgIpc) is 3.22. The van der Waals surface area contributed by atoms with Crippen LogP contribution in [0.1, 0.15) is 48.9 Å². The number of aryl methyl sites for hydroxylation is 1. The molecule has 0 heterocycles. The van der Waals surface area contributed by atoms with Crippen molar-refractivity contribution in [1.29, 1.82) is 0 Å². The molecule has 0 saturated carbocycles. The van der Waals surface area contributed by atoms with E-state index < -0.39 is 45.2 Å². The van der Waals surface area contributed by atoms with Crippen LogP contribution in [0.25, 0.3) is 0 Å². The Hall–Kier alpha value is -2.47. The Kier molecular flexibility index (Phi) is 9.28. The third-order valence-corrected chi connectivity index (χ3v) is 8.65. The lowest BCUT2D eigenvalue weighted by Gasteiger charge is -2.31. The predicted octanol–water partition coefficient (Wildman–Crippen LogP) is 3.88. The SMILES string of the molecule is CN(C[C@H](O)CNC(C)(C)CC1Cc2ccccc2C1)S(=O)(=O)c1cc(CCC(=O)O)cc(C(F)(F)F)c1. The lowest BCUT2D eigenvalue weighted by Crippen LogP contribution is -2.47. The maximum atomic E-state index is 13.4. The molecule has 0 aliphatic heterocycles. The molecule has 0 amide bonds. The number of aliphatic carboxylic acids is 1. The van der Waals surface area contributed by atoms with Crippen molar-refractivity contribution in [3.63, 3.8) is 0 Å². The third-order valence-electron chi connectivity index (χ3n) is 6.85. The second-order valence-electron chi connectivity index (χ2n) is 10.7. The van der Waals surface area contributed by atoms with Crippen molar-refractivity contribution in [2.45, 2.75) is 68.7 Å². The Balaban J connectivity index is 1.62. The molecule has 2 aromatic rings. The number of nitrogens with zero attached hydrogens (tertiary/aromatic N) is 1. The molecule has 1 aliphatic rings. The largest absolute Gasteiger partial charge is 0.481 e. The molecular weight excluding hydrogens is 521 g/mol. The molecule has 0 fully saturated rings. The minimum atomic E-state index is -4.81. The fraction of sp³-hybridized carbons (Fsp3) is 0.519. The number of likely N-dealkylation sites (N-methyl/N-ethyl adjacent to an activating group) is 1. The maximum absolute atomic E-state index is 13.4. The van der Waals surface area contributed by atoms with E-state index in [1.807, 2.05) is 26.0 Å². The number of aliphatic hydroxyl groups is 1. The van der Waals surface area contributed by atoms with Crippen LogP contribution in [0.5, 0.6) is 0 Å². The summed E-state index contributed by atoms with van der Waals surface area (Å²) in [5, 5.41) is 22.7. The van der Waals surface area contributed by atoms with E-state index in [-0.39, 0.29) is 30.6 Å². The van der Waals surface area contributed by atoms with Gasteiger partial charge in [-0.25, -0.2) is 8.42 Å². The van der Waals surface area contributed by atoms with E-state index in [2.05, 4.69) is 17.4 Å². The van der Waals surface area contributed by atoms with Gasteiger partial charge in [0.1, 0.15) is 0 Å². The second kappa shape index (κ2) is 11.7. The quantitative estimate of drug-likeness (QED) is 0.367. The Labute approximate surface area is 221 Å². The number of carbonyl (C=O) groups is 1. The number of sulfonamides is 1. The smallest absolute Gasteiger partial charge is 0.416 e. The fourth-order valence-corrected chi connectivity index (χ4v) is 6.29. The molecule has 0 aromatic heterocycles. The molecule has 210 valence electrons. The summed E-state index contributed by atoms with van der Waals surface area (Å²) in [5.41, 5.74) is 1.14. The number of alkyl halides is 3. The summed E-state index contributed by atoms with van der Waals surface area (Å²) in [4.78, 5) is 10.3. The molecule has 3 rings (SSSR count). The normalized spacial score (nSPS) is 15.6. The number of β-amino-alcohol motifs (C(OH)–C–C–N with tert-alkyl or cyclic N) is 1. The average molecular weight is 557 g/mol. The highest BCUT2D eigenvalue weighted by atomic mass is 32.2. The predicted molar refractivity (Wildman–Crippen MR) is 137 cm³/mol. The minimum absolute atomic E-state index is 0.0489. The summed E-state index contributed by atoms with van der Waals surface area (Å²) < 4.78 is 67.2. The Bertz CT molecular complexity index is 1220. The standard InChI is InChI=1S/C27H35F3N2O5S/c1-26(2,15-19-10-20-6-4-5-7-21(20)11-19)31-16-23(33)17-32(3)38(36,37)24-13-18(8-9-25(34)35)12-22(14-24)27(28,29)30/h4-7,12-14,19,23,31,33H,8-11,15-17H2,1-3H3,(H,34,35)/t23-/m1/s1. The summed E-state index contributed by atoms with van der Waals surface area (Å²) in [5.74, 6) is -0.758. The van der Waals surface area contributed by atoms with Crippen LogP contribution in [-0.4, -0.2) is 60.7 Å². The van der Waals surface area contributed by atoms with Crippen molar-refractivity contribution in [2.24, 2.45) is 5.92 Å². The van der Waals surface area contributed by atoms with Crippen molar-refractivity contribution in [3.05, 3.63) is 64.7 Å². The number of fused-ring (bicyclic) bond motifs is 1. The fourth-order valence-electron chi connectivity index (χ4n) is 4.99. The number of aliphatic hydroxyl groups excluding tert-OH is 1. The van der Waals surface area contributed by atoms with Gasteiger partial charge in [-0.3, -0.25) is 4.79 Å². The van der Waals surface area contributed by atoms with Crippen LogP contribution >= 0.6 is 0 Å². The zero-order chi connectivity index (χ0) is 28.3. The van der Waals surface area contributed by atoms with Gasteiger partial charge < -0.3 is 15.5 Å². The van der Waals surface area contributed by atoms with Gasteiger partial charge in [0.2, 0.25) is 10.0 Å². The summed E-state index contributed by atoms with van der Waals surface area (Å²) in [6, 6.07) is 10.7. The van der Waals surface area contributed by atoms with Crippen molar-refractivity contribution in [3.8, 4) is 0 Å². The van der Waals surface area contributed by atoms with Gasteiger partial charge in [-0.15, -0.1) is 0 Å². The number of nitrogens with one attached hydrogen (secondary N) is 1. The van der Waals surface area contributed by atoms with Gasteiger partial charge in [0.05, 0.1) is 16.6 Å². The number of hydrogen-bond acceptors (Lipinski definition) is 5. The molecule has 38 heavy (non-hydrogen) atoms. The van der Waals surface area contributed by atoms with Gasteiger partial charge in [-0.2, -0.15) is 17.5 Å². The highest BCUT2D eigenvalue weighted by molar-refractivity contribution is 7.89. The molecule has 0 spiro atoms. The van der Waals surface area contributed by atoms with Gasteiger partial charge >= 0.3 is 12.1 Å². The van der Waals surface area contributed by atoms with Crippen molar-refractivity contribution in [1.82, 2.24) is 9.62 Å². The van der Waals surface area contributed by atoms with Crippen molar-refractivity contribution >= 4 is 16.0 Å². The van der Waals surface area contributed by atoms with Crippen LogP contribution in [0.3, 0.4) is 0 Å². The maximum Gasteiger partial charge on any atom is 0.416 e. The Morgan fingerprint density at radius 1 is 1.13 bits per heavy atom. The van der Waals surface area contributed by atoms with E-state index in [9.17, 15) is 31.5 Å². The molecule has 0 saturated heterocycles. The van der Waals surface area contributed by atoms with Crippen LogP contribution in [0.15, 0.2) is 47.4 Å². The summed E-state index contributed by atoms with van der Waals surface area (Å²) >= 11 is 0. The first kappa shape index (κ1) is 30.1. The van der Waals surface area contributed by atoms with Gasteiger partial charge in [-0.1, -0.05) is 24.3 Å². The van der Waals surface area contributed by atoms with Gasteiger partial charge in [-0.05, 0) is 80.3 Å². The number of halogens is 3. The van der Waals surface area contributed by atoms with E-state index in [1.54, 1.807) is 0 Å². The lowest BCUT2D eigenvalue weighted by atomic mass is 9.88. The molecule has 1 aliphatic carbocycles. The Morgan fingerprint density at radius 3 is 2.29 bits per heavy atom. The van der Waals surface area contributed by atoms with Crippen molar-refractivity contribution < 1.29 is 36.6 Å². The zero-order valence-electron chi connectivity index (χ0n) is 21.8. The summed E-state index contributed by atoms with van der Waals surface area (Å²) in [6.07, 6.45) is -3.79. The molecule has 7 nitrogen and oxygen atoms in total. The summed E-state index contributed by atoms with van der Waals surface area (Å²) in [6.45, 7) is 3.80. The highest BCUT2D eigenvalue weighted by Gasteiger charge is 2.34. The van der Waals surface area contributed by atoms with E-state index in [1.165, 1.54) is 18.2 Å². The van der Waals surface area contributed by atoms with E-state index >= 15 is 0 Å². The van der Waals surface area contributed by atoms with Crippen LogP contribution in [0, 0.1) is 5.92 Å². The molecule has 0 bridgehead atoms. The monoisotopic (exact) mass is 556 g/mol. The van der Waals surface area contributed by atoms with Crippen LogP contribution in [0.4, 0.5) is 13.2 Å². The number of carboxylic acids is 1. The molecule has 0 radical (unpaired) electrons.